The zero-order valence-electron chi connectivity index (χ0n) is 12.1. The van der Waals surface area contributed by atoms with Crippen molar-refractivity contribution in [3.8, 4) is 0 Å². The predicted molar refractivity (Wildman–Crippen MR) is 84.2 cm³/mol. The fraction of sp³-hybridized carbons (Fsp3) is 0.500. The van der Waals surface area contributed by atoms with Crippen LogP contribution in [0.3, 0.4) is 0 Å². The maximum absolute atomic E-state index is 11.8. The van der Waals surface area contributed by atoms with E-state index in [4.69, 9.17) is 5.73 Å². The Morgan fingerprint density at radius 1 is 1.43 bits per heavy atom. The van der Waals surface area contributed by atoms with E-state index in [2.05, 4.69) is 10.6 Å². The van der Waals surface area contributed by atoms with Gasteiger partial charge in [0.25, 0.3) is 5.91 Å². The number of anilines is 2. The summed E-state index contributed by atoms with van der Waals surface area (Å²) in [5, 5.41) is 5.88. The third-order valence-corrected chi connectivity index (χ3v) is 5.30. The van der Waals surface area contributed by atoms with E-state index in [0.717, 1.165) is 6.42 Å². The smallest absolute Gasteiger partial charge is 0.251 e. The van der Waals surface area contributed by atoms with Crippen LogP contribution in [0.4, 0.5) is 11.4 Å². The van der Waals surface area contributed by atoms with E-state index in [1.54, 1.807) is 18.2 Å². The average Bonchev–Trinajstić information content (AvgIpc) is 2.40. The topological polar surface area (TPSA) is 101 Å². The summed E-state index contributed by atoms with van der Waals surface area (Å²) in [6.45, 7) is 2.40. The van der Waals surface area contributed by atoms with Crippen molar-refractivity contribution in [1.82, 2.24) is 5.32 Å². The highest BCUT2D eigenvalue weighted by molar-refractivity contribution is 7.91. The van der Waals surface area contributed by atoms with E-state index in [1.807, 2.05) is 6.92 Å². The lowest BCUT2D eigenvalue weighted by molar-refractivity contribution is 0.0956. The number of nitrogens with two attached hydrogens (primary N) is 1. The lowest BCUT2D eigenvalue weighted by atomic mass is 10.1. The van der Waals surface area contributed by atoms with Gasteiger partial charge >= 0.3 is 0 Å². The number of carbonyl (C=O) groups excluding carboxylic acids is 1. The number of sulfone groups is 1. The second kappa shape index (κ2) is 6.34. The van der Waals surface area contributed by atoms with E-state index in [0.29, 0.717) is 29.9 Å². The summed E-state index contributed by atoms with van der Waals surface area (Å²) < 4.78 is 23.3. The normalized spacial score (nSPS) is 20.7. The van der Waals surface area contributed by atoms with Crippen molar-refractivity contribution >= 4 is 27.1 Å². The van der Waals surface area contributed by atoms with E-state index in [1.165, 1.54) is 0 Å². The molecule has 1 fully saturated rings. The minimum absolute atomic E-state index is 0.109. The Morgan fingerprint density at radius 2 is 2.19 bits per heavy atom. The van der Waals surface area contributed by atoms with Crippen molar-refractivity contribution < 1.29 is 13.2 Å². The molecule has 0 aromatic heterocycles. The van der Waals surface area contributed by atoms with Crippen LogP contribution >= 0.6 is 0 Å². The summed E-state index contributed by atoms with van der Waals surface area (Å²) in [6.07, 6.45) is 1.43. The number of benzene rings is 1. The van der Waals surface area contributed by atoms with E-state index in [-0.39, 0.29) is 23.5 Å². The molecule has 1 saturated heterocycles. The van der Waals surface area contributed by atoms with Crippen LogP contribution in [0.5, 0.6) is 0 Å². The number of hydrogen-bond acceptors (Lipinski definition) is 5. The number of nitrogen functional groups attached to an aromatic ring is 1. The molecule has 0 saturated carbocycles. The SMILES string of the molecule is CCNC(=O)c1ccc(N)c(NC2CCCS(=O)(=O)C2)c1. The van der Waals surface area contributed by atoms with Gasteiger partial charge in [-0.2, -0.15) is 0 Å². The van der Waals surface area contributed by atoms with Crippen LogP contribution in [0.2, 0.25) is 0 Å². The first kappa shape index (κ1) is 15.6. The van der Waals surface area contributed by atoms with Crippen molar-refractivity contribution in [3.05, 3.63) is 23.8 Å². The Morgan fingerprint density at radius 3 is 2.86 bits per heavy atom. The second-order valence-electron chi connectivity index (χ2n) is 5.26. The van der Waals surface area contributed by atoms with E-state index in [9.17, 15) is 13.2 Å². The van der Waals surface area contributed by atoms with Gasteiger partial charge in [0.15, 0.2) is 9.84 Å². The van der Waals surface area contributed by atoms with Gasteiger partial charge in [-0.15, -0.1) is 0 Å². The summed E-state index contributed by atoms with van der Waals surface area (Å²) >= 11 is 0. The average molecular weight is 311 g/mol. The molecule has 0 spiro atoms. The summed E-state index contributed by atoms with van der Waals surface area (Å²) in [5.74, 6) is 0.189. The van der Waals surface area contributed by atoms with E-state index >= 15 is 0 Å². The zero-order valence-corrected chi connectivity index (χ0v) is 12.9. The van der Waals surface area contributed by atoms with E-state index < -0.39 is 9.84 Å². The van der Waals surface area contributed by atoms with Gasteiger partial charge in [-0.25, -0.2) is 8.42 Å². The standard InChI is InChI=1S/C14H21N3O3S/c1-2-16-14(18)10-5-6-12(15)13(8-10)17-11-4-3-7-21(19,20)9-11/h5-6,8,11,17H,2-4,7,9,15H2,1H3,(H,16,18). The quantitative estimate of drug-likeness (QED) is 0.720. The molecule has 7 heteroatoms. The molecule has 1 heterocycles. The molecule has 0 bridgehead atoms. The minimum Gasteiger partial charge on any atom is -0.397 e. The van der Waals surface area contributed by atoms with Gasteiger partial charge in [0.1, 0.15) is 0 Å². The first-order valence-electron chi connectivity index (χ1n) is 7.06. The molecule has 116 valence electrons. The number of carbonyl (C=O) groups is 1. The summed E-state index contributed by atoms with van der Waals surface area (Å²) in [7, 11) is -2.98. The van der Waals surface area contributed by atoms with Gasteiger partial charge in [0.2, 0.25) is 0 Å². The number of amides is 1. The van der Waals surface area contributed by atoms with Crippen molar-refractivity contribution in [1.29, 1.82) is 0 Å². The summed E-state index contributed by atoms with van der Waals surface area (Å²) in [5.41, 5.74) is 7.53. The zero-order chi connectivity index (χ0) is 15.5. The third-order valence-electron chi connectivity index (χ3n) is 3.48. The van der Waals surface area contributed by atoms with Crippen molar-refractivity contribution in [2.45, 2.75) is 25.8 Å². The lowest BCUT2D eigenvalue weighted by Crippen LogP contribution is -2.35. The highest BCUT2D eigenvalue weighted by atomic mass is 32.2. The van der Waals surface area contributed by atoms with Gasteiger partial charge in [0.05, 0.1) is 22.9 Å². The monoisotopic (exact) mass is 311 g/mol. The third kappa shape index (κ3) is 4.10. The van der Waals surface area contributed by atoms with Crippen LogP contribution in [0.15, 0.2) is 18.2 Å². The first-order chi connectivity index (χ1) is 9.91. The Bertz CT molecular complexity index is 628. The van der Waals surface area contributed by atoms with Crippen LogP contribution in [0, 0.1) is 0 Å². The first-order valence-corrected chi connectivity index (χ1v) is 8.88. The molecule has 0 radical (unpaired) electrons. The molecule has 2 rings (SSSR count). The fourth-order valence-corrected chi connectivity index (χ4v) is 4.08. The Hall–Kier alpha value is -1.76. The summed E-state index contributed by atoms with van der Waals surface area (Å²) in [6, 6.07) is 4.82. The van der Waals surface area contributed by atoms with Gasteiger partial charge in [-0.05, 0) is 38.0 Å². The molecule has 0 aliphatic carbocycles. The maximum atomic E-state index is 11.8. The maximum Gasteiger partial charge on any atom is 0.251 e. The lowest BCUT2D eigenvalue weighted by Gasteiger charge is -2.25. The fourth-order valence-electron chi connectivity index (χ4n) is 2.44. The van der Waals surface area contributed by atoms with Crippen LogP contribution < -0.4 is 16.4 Å². The molecular weight excluding hydrogens is 290 g/mol. The van der Waals surface area contributed by atoms with Crippen LogP contribution in [0.25, 0.3) is 0 Å². The minimum atomic E-state index is -2.98. The molecule has 21 heavy (non-hydrogen) atoms. The molecule has 1 aliphatic heterocycles. The molecule has 1 unspecified atom stereocenters. The summed E-state index contributed by atoms with van der Waals surface area (Å²) in [4.78, 5) is 11.8. The molecule has 1 atom stereocenters. The molecule has 1 amide bonds. The van der Waals surface area contributed by atoms with Gasteiger partial charge in [-0.3, -0.25) is 4.79 Å². The van der Waals surface area contributed by atoms with Crippen LogP contribution in [-0.4, -0.2) is 38.4 Å². The number of rotatable bonds is 4. The largest absolute Gasteiger partial charge is 0.397 e. The van der Waals surface area contributed by atoms with Crippen molar-refractivity contribution in [3.63, 3.8) is 0 Å². The van der Waals surface area contributed by atoms with Gasteiger partial charge in [-0.1, -0.05) is 0 Å². The Balaban J connectivity index is 2.15. The molecule has 1 aromatic rings. The number of hydrogen-bond donors (Lipinski definition) is 3. The van der Waals surface area contributed by atoms with Crippen LogP contribution in [0.1, 0.15) is 30.1 Å². The molecule has 6 nitrogen and oxygen atoms in total. The van der Waals surface area contributed by atoms with Crippen molar-refractivity contribution in [2.75, 3.05) is 29.1 Å². The highest BCUT2D eigenvalue weighted by Crippen LogP contribution is 2.24. The second-order valence-corrected chi connectivity index (χ2v) is 7.49. The predicted octanol–water partition coefficient (Wildman–Crippen LogP) is 1.01. The molecule has 4 N–H and O–H groups in total. The van der Waals surface area contributed by atoms with Crippen molar-refractivity contribution in [2.24, 2.45) is 0 Å². The van der Waals surface area contributed by atoms with Crippen LogP contribution in [-0.2, 0) is 9.84 Å². The Kier molecular flexibility index (Phi) is 4.72. The Labute approximate surface area is 125 Å². The highest BCUT2D eigenvalue weighted by Gasteiger charge is 2.25. The molecule has 1 aliphatic rings. The molecular formula is C14H21N3O3S. The van der Waals surface area contributed by atoms with Gasteiger partial charge in [0, 0.05) is 18.2 Å². The number of nitrogens with one attached hydrogen (secondary N) is 2. The van der Waals surface area contributed by atoms with Gasteiger partial charge < -0.3 is 16.4 Å². The molecule has 1 aromatic carbocycles.